The third kappa shape index (κ3) is 44.7. The Kier molecular flexibility index (Phi) is 48.5. The molecule has 0 aliphatic rings. The Morgan fingerprint density at radius 3 is 1.03 bits per heavy atom. The van der Waals surface area contributed by atoms with Crippen LogP contribution in [-0.4, -0.2) is 46.1 Å². The van der Waals surface area contributed by atoms with Gasteiger partial charge in [-0.1, -0.05) is 256 Å². The van der Waals surface area contributed by atoms with E-state index in [0.29, 0.717) is 12.8 Å². The number of aliphatic hydroxyl groups excluding tert-OH is 3. The highest BCUT2D eigenvalue weighted by atomic mass is 16.3. The lowest BCUT2D eigenvalue weighted by Crippen LogP contribution is -2.50. The molecule has 3 atom stereocenters. The number of carbonyl (C=O) groups is 1. The highest BCUT2D eigenvalue weighted by Gasteiger charge is 2.26. The number of hydrogen-bond donors (Lipinski definition) is 4. The number of unbranched alkanes of at least 4 members (excludes halogenated alkanes) is 37. The van der Waals surface area contributed by atoms with E-state index in [1.165, 1.54) is 218 Å². The zero-order chi connectivity index (χ0) is 43.0. The number of aliphatic hydroxyl groups is 3. The minimum atomic E-state index is -1.16. The van der Waals surface area contributed by atoms with E-state index in [0.717, 1.165) is 44.9 Å². The van der Waals surface area contributed by atoms with E-state index >= 15 is 0 Å². The summed E-state index contributed by atoms with van der Waals surface area (Å²) in [6.07, 6.45) is 61.8. The zero-order valence-corrected chi connectivity index (χ0v) is 39.9. The van der Waals surface area contributed by atoms with E-state index in [2.05, 4.69) is 43.5 Å². The zero-order valence-electron chi connectivity index (χ0n) is 39.9. The van der Waals surface area contributed by atoms with Gasteiger partial charge in [0.25, 0.3) is 0 Å². The predicted octanol–water partition coefficient (Wildman–Crippen LogP) is 16.1. The lowest BCUT2D eigenvalue weighted by atomic mass is 10.0. The molecule has 350 valence electrons. The molecule has 0 saturated carbocycles. The molecule has 59 heavy (non-hydrogen) atoms. The standard InChI is InChI=1S/C54H105NO4/c1-3-5-7-9-11-13-15-17-19-21-23-25-27-28-30-32-34-36-38-40-42-44-46-48-52(57)54(59)51(50-56)55-53(58)49-47-45-43-41-39-37-35-33-31-29-26-24-22-20-18-16-14-12-10-8-6-4-2/h32,34,40,42,51-52,54,56-57,59H,3-31,33,35-39,41,43-50H2,1-2H3,(H,55,58)/b34-32+,42-40+. The Morgan fingerprint density at radius 1 is 0.407 bits per heavy atom. The molecule has 3 unspecified atom stereocenters. The third-order valence-electron chi connectivity index (χ3n) is 12.5. The predicted molar refractivity (Wildman–Crippen MR) is 259 cm³/mol. The van der Waals surface area contributed by atoms with Gasteiger partial charge in [0.15, 0.2) is 0 Å². The van der Waals surface area contributed by atoms with Crippen molar-refractivity contribution in [3.63, 3.8) is 0 Å². The van der Waals surface area contributed by atoms with Crippen LogP contribution in [0.3, 0.4) is 0 Å². The smallest absolute Gasteiger partial charge is 0.220 e. The van der Waals surface area contributed by atoms with Crippen LogP contribution in [0.2, 0.25) is 0 Å². The maximum absolute atomic E-state index is 12.5. The van der Waals surface area contributed by atoms with Gasteiger partial charge in [-0.3, -0.25) is 4.79 Å². The highest BCUT2D eigenvalue weighted by Crippen LogP contribution is 2.17. The lowest BCUT2D eigenvalue weighted by molar-refractivity contribution is -0.124. The number of rotatable bonds is 49. The average molecular weight is 832 g/mol. The number of hydrogen-bond acceptors (Lipinski definition) is 4. The van der Waals surface area contributed by atoms with Crippen molar-refractivity contribution < 1.29 is 20.1 Å². The van der Waals surface area contributed by atoms with Crippen LogP contribution in [-0.2, 0) is 4.79 Å². The average Bonchev–Trinajstić information content (AvgIpc) is 3.24. The van der Waals surface area contributed by atoms with Crippen molar-refractivity contribution in [2.45, 2.75) is 308 Å². The summed E-state index contributed by atoms with van der Waals surface area (Å²) in [5.41, 5.74) is 0. The van der Waals surface area contributed by atoms with Crippen LogP contribution >= 0.6 is 0 Å². The molecule has 0 spiro atoms. The molecule has 0 aromatic carbocycles. The van der Waals surface area contributed by atoms with Gasteiger partial charge in [-0.15, -0.1) is 0 Å². The first-order valence-electron chi connectivity index (χ1n) is 26.6. The van der Waals surface area contributed by atoms with E-state index < -0.39 is 18.2 Å². The maximum atomic E-state index is 12.5. The second-order valence-corrected chi connectivity index (χ2v) is 18.4. The van der Waals surface area contributed by atoms with Crippen LogP contribution in [0.25, 0.3) is 0 Å². The van der Waals surface area contributed by atoms with E-state index in [9.17, 15) is 20.1 Å². The van der Waals surface area contributed by atoms with Crippen LogP contribution in [0.5, 0.6) is 0 Å². The Labute approximate surface area is 369 Å². The maximum Gasteiger partial charge on any atom is 0.220 e. The Balaban J connectivity index is 3.60. The van der Waals surface area contributed by atoms with Crippen molar-refractivity contribution in [3.05, 3.63) is 24.3 Å². The van der Waals surface area contributed by atoms with Crippen LogP contribution < -0.4 is 5.32 Å². The molecule has 0 aliphatic heterocycles. The molecule has 0 aromatic heterocycles. The van der Waals surface area contributed by atoms with Crippen molar-refractivity contribution in [2.75, 3.05) is 6.61 Å². The first-order chi connectivity index (χ1) is 29.1. The van der Waals surface area contributed by atoms with Crippen molar-refractivity contribution in [1.29, 1.82) is 0 Å². The first kappa shape index (κ1) is 57.8. The Morgan fingerprint density at radius 2 is 0.695 bits per heavy atom. The van der Waals surface area contributed by atoms with Crippen LogP contribution in [0, 0.1) is 0 Å². The van der Waals surface area contributed by atoms with E-state index in [1.807, 2.05) is 0 Å². The third-order valence-corrected chi connectivity index (χ3v) is 12.5. The molecule has 5 nitrogen and oxygen atoms in total. The van der Waals surface area contributed by atoms with Gasteiger partial charge in [-0.2, -0.15) is 0 Å². The molecule has 0 fully saturated rings. The molecular weight excluding hydrogens is 727 g/mol. The second-order valence-electron chi connectivity index (χ2n) is 18.4. The molecule has 0 rings (SSSR count). The largest absolute Gasteiger partial charge is 0.394 e. The van der Waals surface area contributed by atoms with Gasteiger partial charge in [0, 0.05) is 6.42 Å². The summed E-state index contributed by atoms with van der Waals surface area (Å²) >= 11 is 0. The molecule has 5 heteroatoms. The van der Waals surface area contributed by atoms with Crippen molar-refractivity contribution in [3.8, 4) is 0 Å². The monoisotopic (exact) mass is 832 g/mol. The van der Waals surface area contributed by atoms with E-state index in [4.69, 9.17) is 0 Å². The van der Waals surface area contributed by atoms with E-state index in [1.54, 1.807) is 0 Å². The molecule has 0 aliphatic carbocycles. The quantitative estimate of drug-likeness (QED) is 0.0363. The van der Waals surface area contributed by atoms with Crippen LogP contribution in [0.15, 0.2) is 24.3 Å². The van der Waals surface area contributed by atoms with Gasteiger partial charge >= 0.3 is 0 Å². The fourth-order valence-electron chi connectivity index (χ4n) is 8.42. The van der Waals surface area contributed by atoms with Crippen molar-refractivity contribution in [1.82, 2.24) is 5.32 Å². The minimum absolute atomic E-state index is 0.153. The SMILES string of the molecule is CCCCCCCCCCCCCCCC/C=C/CC/C=C/CCCC(O)C(O)C(CO)NC(=O)CCCCCCCCCCCCCCCCCCCCCCCC. The Hall–Kier alpha value is -1.17. The summed E-state index contributed by atoms with van der Waals surface area (Å²) in [4.78, 5) is 12.5. The molecule has 1 amide bonds. The number of nitrogens with one attached hydrogen (secondary N) is 1. The van der Waals surface area contributed by atoms with Gasteiger partial charge < -0.3 is 20.6 Å². The van der Waals surface area contributed by atoms with Gasteiger partial charge in [0.1, 0.15) is 6.10 Å². The molecule has 0 aromatic rings. The number of carbonyl (C=O) groups excluding carboxylic acids is 1. The van der Waals surface area contributed by atoms with Crippen LogP contribution in [0.4, 0.5) is 0 Å². The van der Waals surface area contributed by atoms with Crippen molar-refractivity contribution in [2.24, 2.45) is 0 Å². The highest BCUT2D eigenvalue weighted by molar-refractivity contribution is 5.76. The summed E-state index contributed by atoms with van der Waals surface area (Å²) in [6, 6.07) is -0.830. The fraction of sp³-hybridized carbons (Fsp3) is 0.907. The summed E-state index contributed by atoms with van der Waals surface area (Å²) in [5, 5.41) is 33.7. The normalized spacial score (nSPS) is 13.5. The van der Waals surface area contributed by atoms with E-state index in [-0.39, 0.29) is 12.5 Å². The minimum Gasteiger partial charge on any atom is -0.394 e. The second kappa shape index (κ2) is 49.5. The summed E-state index contributed by atoms with van der Waals surface area (Å²) in [7, 11) is 0. The summed E-state index contributed by atoms with van der Waals surface area (Å²) < 4.78 is 0. The summed E-state index contributed by atoms with van der Waals surface area (Å²) in [6.45, 7) is 4.20. The molecule has 0 radical (unpaired) electrons. The van der Waals surface area contributed by atoms with Crippen LogP contribution in [0.1, 0.15) is 290 Å². The Bertz CT molecular complexity index is 874. The van der Waals surface area contributed by atoms with Crippen molar-refractivity contribution >= 4 is 5.91 Å². The summed E-state index contributed by atoms with van der Waals surface area (Å²) in [5.74, 6) is -0.153. The molecule has 4 N–H and O–H groups in total. The first-order valence-corrected chi connectivity index (χ1v) is 26.6. The van der Waals surface area contributed by atoms with Gasteiger partial charge in [-0.25, -0.2) is 0 Å². The van der Waals surface area contributed by atoms with Gasteiger partial charge in [0.2, 0.25) is 5.91 Å². The topological polar surface area (TPSA) is 89.8 Å². The molecule has 0 bridgehead atoms. The number of amides is 1. The van der Waals surface area contributed by atoms with Gasteiger partial charge in [-0.05, 0) is 51.4 Å². The number of allylic oxidation sites excluding steroid dienone is 4. The van der Waals surface area contributed by atoms with Gasteiger partial charge in [0.05, 0.1) is 18.8 Å². The fourth-order valence-corrected chi connectivity index (χ4v) is 8.42. The molecular formula is C54H105NO4. The lowest BCUT2D eigenvalue weighted by Gasteiger charge is -2.26. The molecule has 0 saturated heterocycles. The molecule has 0 heterocycles.